The van der Waals surface area contributed by atoms with Crippen LogP contribution in [-0.2, 0) is 0 Å². The van der Waals surface area contributed by atoms with Gasteiger partial charge in [-0.25, -0.2) is 4.98 Å². The predicted molar refractivity (Wildman–Crippen MR) is 121 cm³/mol. The predicted octanol–water partition coefficient (Wildman–Crippen LogP) is 5.68. The zero-order chi connectivity index (χ0) is 21.6. The Morgan fingerprint density at radius 1 is 0.742 bits per heavy atom. The Balaban J connectivity index is 1.50. The van der Waals surface area contributed by atoms with Gasteiger partial charge in [0.25, 0.3) is 0 Å². The van der Waals surface area contributed by atoms with Crippen LogP contribution in [0, 0.1) is 29.6 Å². The lowest BCUT2D eigenvalue weighted by molar-refractivity contribution is 1.16. The summed E-state index contributed by atoms with van der Waals surface area (Å²) in [5.74, 6) is 1.13. The number of nitrogens with zero attached hydrogens (tertiary/aromatic N) is 4. The van der Waals surface area contributed by atoms with Crippen molar-refractivity contribution in [1.82, 2.24) is 9.97 Å². The number of hydrogen-bond acceptors (Lipinski definition) is 6. The molecule has 6 heteroatoms. The van der Waals surface area contributed by atoms with Crippen LogP contribution in [0.25, 0.3) is 11.1 Å². The van der Waals surface area contributed by atoms with Gasteiger partial charge in [-0.15, -0.1) is 0 Å². The third kappa shape index (κ3) is 4.67. The van der Waals surface area contributed by atoms with Gasteiger partial charge in [0, 0.05) is 17.6 Å². The first-order valence-corrected chi connectivity index (χ1v) is 9.63. The fourth-order valence-corrected chi connectivity index (χ4v) is 3.10. The van der Waals surface area contributed by atoms with E-state index in [1.807, 2.05) is 55.5 Å². The molecule has 2 N–H and O–H groups in total. The quantitative estimate of drug-likeness (QED) is 0.445. The Bertz CT molecular complexity index is 1300. The highest BCUT2D eigenvalue weighted by atomic mass is 15.1. The van der Waals surface area contributed by atoms with Crippen LogP contribution in [0.3, 0.4) is 0 Å². The van der Waals surface area contributed by atoms with E-state index in [0.717, 1.165) is 28.1 Å². The molecule has 0 spiro atoms. The first-order chi connectivity index (χ1) is 15.1. The molecule has 1 heterocycles. The Kier molecular flexibility index (Phi) is 5.55. The van der Waals surface area contributed by atoms with E-state index in [1.165, 1.54) is 0 Å². The van der Waals surface area contributed by atoms with Crippen molar-refractivity contribution in [3.05, 3.63) is 95.7 Å². The molecule has 148 valence electrons. The second-order valence-corrected chi connectivity index (χ2v) is 6.92. The van der Waals surface area contributed by atoms with Gasteiger partial charge in [0.05, 0.1) is 23.3 Å². The SMILES string of the molecule is Cc1cc(-c2ccc(C#N)cc2)ccc1Nc1ccnc(Nc2ccc(C#N)cc2)n1. The molecular weight excluding hydrogens is 384 g/mol. The molecule has 0 unspecified atom stereocenters. The van der Waals surface area contributed by atoms with Gasteiger partial charge in [0.1, 0.15) is 5.82 Å². The average Bonchev–Trinajstić information content (AvgIpc) is 2.81. The molecule has 0 radical (unpaired) electrons. The first kappa shape index (κ1) is 19.6. The van der Waals surface area contributed by atoms with Crippen LogP contribution >= 0.6 is 0 Å². The molecule has 0 bridgehead atoms. The lowest BCUT2D eigenvalue weighted by atomic mass is 10.0. The van der Waals surface area contributed by atoms with E-state index >= 15 is 0 Å². The standard InChI is InChI=1S/C25H18N6/c1-17-14-21(20-6-2-18(15-26)3-7-20)8-11-23(17)30-24-12-13-28-25(31-24)29-22-9-4-19(16-27)5-10-22/h2-14H,1H3,(H2,28,29,30,31). The third-order valence-electron chi connectivity index (χ3n) is 4.76. The summed E-state index contributed by atoms with van der Waals surface area (Å²) in [5.41, 5.74) is 6.21. The minimum absolute atomic E-state index is 0.460. The molecule has 0 aliphatic carbocycles. The Hall–Kier alpha value is -4.68. The highest BCUT2D eigenvalue weighted by Gasteiger charge is 2.06. The summed E-state index contributed by atoms with van der Waals surface area (Å²) in [6.45, 7) is 2.03. The number of aryl methyl sites for hydroxylation is 1. The molecule has 0 aliphatic heterocycles. The summed E-state index contributed by atoms with van der Waals surface area (Å²) >= 11 is 0. The molecule has 0 saturated heterocycles. The van der Waals surface area contributed by atoms with Crippen molar-refractivity contribution in [2.24, 2.45) is 0 Å². The molecule has 1 aromatic heterocycles. The van der Waals surface area contributed by atoms with Crippen molar-refractivity contribution in [1.29, 1.82) is 10.5 Å². The van der Waals surface area contributed by atoms with E-state index in [1.54, 1.807) is 24.4 Å². The van der Waals surface area contributed by atoms with Crippen LogP contribution in [0.2, 0.25) is 0 Å². The average molecular weight is 402 g/mol. The minimum Gasteiger partial charge on any atom is -0.340 e. The van der Waals surface area contributed by atoms with Crippen LogP contribution < -0.4 is 10.6 Å². The molecule has 3 aromatic carbocycles. The number of aromatic nitrogens is 2. The Morgan fingerprint density at radius 2 is 1.39 bits per heavy atom. The second kappa shape index (κ2) is 8.77. The van der Waals surface area contributed by atoms with E-state index < -0.39 is 0 Å². The van der Waals surface area contributed by atoms with Crippen molar-refractivity contribution in [2.45, 2.75) is 6.92 Å². The lowest BCUT2D eigenvalue weighted by Crippen LogP contribution is -2.01. The van der Waals surface area contributed by atoms with Crippen LogP contribution in [0.1, 0.15) is 16.7 Å². The summed E-state index contributed by atoms with van der Waals surface area (Å²) in [4.78, 5) is 8.78. The van der Waals surface area contributed by atoms with Crippen molar-refractivity contribution in [3.63, 3.8) is 0 Å². The maximum absolute atomic E-state index is 8.96. The van der Waals surface area contributed by atoms with Crippen molar-refractivity contribution < 1.29 is 0 Å². The van der Waals surface area contributed by atoms with Crippen molar-refractivity contribution >= 4 is 23.1 Å². The molecule has 31 heavy (non-hydrogen) atoms. The first-order valence-electron chi connectivity index (χ1n) is 9.63. The van der Waals surface area contributed by atoms with Gasteiger partial charge in [0.15, 0.2) is 0 Å². The molecule has 0 fully saturated rings. The highest BCUT2D eigenvalue weighted by molar-refractivity contribution is 5.71. The third-order valence-corrected chi connectivity index (χ3v) is 4.76. The van der Waals surface area contributed by atoms with Gasteiger partial charge >= 0.3 is 0 Å². The Labute approximate surface area is 180 Å². The van der Waals surface area contributed by atoms with Crippen LogP contribution in [-0.4, -0.2) is 9.97 Å². The zero-order valence-corrected chi connectivity index (χ0v) is 16.8. The zero-order valence-electron chi connectivity index (χ0n) is 16.8. The minimum atomic E-state index is 0.460. The number of anilines is 4. The van der Waals surface area contributed by atoms with Gasteiger partial charge in [-0.2, -0.15) is 15.5 Å². The largest absolute Gasteiger partial charge is 0.340 e. The van der Waals surface area contributed by atoms with Gasteiger partial charge < -0.3 is 10.6 Å². The second-order valence-electron chi connectivity index (χ2n) is 6.92. The van der Waals surface area contributed by atoms with E-state index in [0.29, 0.717) is 22.9 Å². The summed E-state index contributed by atoms with van der Waals surface area (Å²) in [5, 5.41) is 24.3. The number of rotatable bonds is 5. The fourth-order valence-electron chi connectivity index (χ4n) is 3.10. The summed E-state index contributed by atoms with van der Waals surface area (Å²) < 4.78 is 0. The smallest absolute Gasteiger partial charge is 0.229 e. The number of benzene rings is 3. The molecule has 4 rings (SSSR count). The highest BCUT2D eigenvalue weighted by Crippen LogP contribution is 2.27. The normalized spacial score (nSPS) is 10.0. The van der Waals surface area contributed by atoms with E-state index in [2.05, 4.69) is 38.8 Å². The molecule has 6 nitrogen and oxygen atoms in total. The van der Waals surface area contributed by atoms with Gasteiger partial charge in [-0.3, -0.25) is 0 Å². The molecule has 0 amide bonds. The maximum Gasteiger partial charge on any atom is 0.229 e. The van der Waals surface area contributed by atoms with Crippen LogP contribution in [0.5, 0.6) is 0 Å². The van der Waals surface area contributed by atoms with Gasteiger partial charge in [-0.05, 0) is 78.2 Å². The Morgan fingerprint density at radius 3 is 2.03 bits per heavy atom. The summed E-state index contributed by atoms with van der Waals surface area (Å²) in [6, 6.07) is 26.8. The number of hydrogen-bond donors (Lipinski definition) is 2. The van der Waals surface area contributed by atoms with Crippen molar-refractivity contribution in [2.75, 3.05) is 10.6 Å². The molecular formula is C25H18N6. The summed E-state index contributed by atoms with van der Waals surface area (Å²) in [6.07, 6.45) is 1.68. The maximum atomic E-state index is 8.96. The van der Waals surface area contributed by atoms with E-state index in [-0.39, 0.29) is 0 Å². The number of nitriles is 2. The lowest BCUT2D eigenvalue weighted by Gasteiger charge is -2.12. The van der Waals surface area contributed by atoms with Crippen LogP contribution in [0.4, 0.5) is 23.1 Å². The molecule has 4 aromatic rings. The fraction of sp³-hybridized carbons (Fsp3) is 0.0400. The molecule has 0 atom stereocenters. The van der Waals surface area contributed by atoms with Gasteiger partial charge in [-0.1, -0.05) is 18.2 Å². The van der Waals surface area contributed by atoms with Gasteiger partial charge in [0.2, 0.25) is 5.95 Å². The van der Waals surface area contributed by atoms with E-state index in [9.17, 15) is 0 Å². The van der Waals surface area contributed by atoms with Crippen LogP contribution in [0.15, 0.2) is 79.0 Å². The van der Waals surface area contributed by atoms with E-state index in [4.69, 9.17) is 10.5 Å². The monoisotopic (exact) mass is 402 g/mol. The van der Waals surface area contributed by atoms with Crippen molar-refractivity contribution in [3.8, 4) is 23.3 Å². The number of nitrogens with one attached hydrogen (secondary N) is 2. The topological polar surface area (TPSA) is 97.4 Å². The molecule has 0 saturated carbocycles. The summed E-state index contributed by atoms with van der Waals surface area (Å²) in [7, 11) is 0. The molecule has 0 aliphatic rings.